The number of fused-ring (bicyclic) bond motifs is 1. The summed E-state index contributed by atoms with van der Waals surface area (Å²) in [5.41, 5.74) is 1.41. The molecule has 0 fully saturated rings. The molecule has 0 aliphatic heterocycles. The lowest BCUT2D eigenvalue weighted by atomic mass is 10.2. The first-order chi connectivity index (χ1) is 12.2. The van der Waals surface area contributed by atoms with Crippen LogP contribution in [0.4, 0.5) is 0 Å². The lowest BCUT2D eigenvalue weighted by Crippen LogP contribution is -2.11. The van der Waals surface area contributed by atoms with E-state index >= 15 is 0 Å². The average Bonchev–Trinajstić information content (AvgIpc) is 3.09. The molecule has 0 saturated heterocycles. The standard InChI is InChI=1S/C17H12ClN5OS/c18-11-4-3-5-12(8-11)23-10-19-22-17(23)25-9-15-20-14-7-2-1-6-13(14)16(24)21-15/h1-8,10H,9H2,(H,20,21,24). The zero-order chi connectivity index (χ0) is 17.2. The van der Waals surface area contributed by atoms with Gasteiger partial charge in [-0.25, -0.2) is 4.98 Å². The van der Waals surface area contributed by atoms with Gasteiger partial charge in [-0.1, -0.05) is 41.6 Å². The summed E-state index contributed by atoms with van der Waals surface area (Å²) >= 11 is 7.49. The van der Waals surface area contributed by atoms with Crippen molar-refractivity contribution in [1.82, 2.24) is 24.7 Å². The fourth-order valence-electron chi connectivity index (χ4n) is 2.46. The van der Waals surface area contributed by atoms with Crippen LogP contribution in [0, 0.1) is 0 Å². The first kappa shape index (κ1) is 15.9. The van der Waals surface area contributed by atoms with Gasteiger partial charge in [0.25, 0.3) is 5.56 Å². The van der Waals surface area contributed by atoms with Crippen molar-refractivity contribution < 1.29 is 0 Å². The molecular weight excluding hydrogens is 358 g/mol. The second-order valence-electron chi connectivity index (χ2n) is 5.28. The minimum absolute atomic E-state index is 0.141. The third-order valence-corrected chi connectivity index (χ3v) is 4.79. The molecule has 6 nitrogen and oxygen atoms in total. The van der Waals surface area contributed by atoms with Gasteiger partial charge >= 0.3 is 0 Å². The second kappa shape index (κ2) is 6.70. The zero-order valence-corrected chi connectivity index (χ0v) is 14.5. The van der Waals surface area contributed by atoms with Gasteiger partial charge in [0.2, 0.25) is 0 Å². The van der Waals surface area contributed by atoms with Crippen molar-refractivity contribution in [2.75, 3.05) is 0 Å². The summed E-state index contributed by atoms with van der Waals surface area (Å²) in [6.07, 6.45) is 1.63. The summed E-state index contributed by atoms with van der Waals surface area (Å²) in [5, 5.41) is 10.0. The molecule has 8 heteroatoms. The number of aromatic amines is 1. The van der Waals surface area contributed by atoms with Gasteiger partial charge in [-0.3, -0.25) is 9.36 Å². The summed E-state index contributed by atoms with van der Waals surface area (Å²) in [6.45, 7) is 0. The molecule has 0 saturated carbocycles. The molecule has 25 heavy (non-hydrogen) atoms. The van der Waals surface area contributed by atoms with Gasteiger partial charge in [-0.15, -0.1) is 10.2 Å². The Hall–Kier alpha value is -2.64. The number of H-pyrrole nitrogens is 1. The van der Waals surface area contributed by atoms with Crippen molar-refractivity contribution in [2.45, 2.75) is 10.9 Å². The van der Waals surface area contributed by atoms with Crippen LogP contribution in [0.2, 0.25) is 5.02 Å². The number of aromatic nitrogens is 5. The maximum Gasteiger partial charge on any atom is 0.258 e. The molecule has 0 aliphatic carbocycles. The predicted molar refractivity (Wildman–Crippen MR) is 98.3 cm³/mol. The largest absolute Gasteiger partial charge is 0.309 e. The number of thioether (sulfide) groups is 1. The van der Waals surface area contributed by atoms with Gasteiger partial charge in [-0.2, -0.15) is 0 Å². The quantitative estimate of drug-likeness (QED) is 0.557. The molecule has 0 unspecified atom stereocenters. The highest BCUT2D eigenvalue weighted by Crippen LogP contribution is 2.23. The molecule has 0 bridgehead atoms. The van der Waals surface area contributed by atoms with E-state index < -0.39 is 0 Å². The van der Waals surface area contributed by atoms with E-state index in [4.69, 9.17) is 11.6 Å². The predicted octanol–water partition coefficient (Wildman–Crippen LogP) is 3.45. The van der Waals surface area contributed by atoms with E-state index in [1.54, 1.807) is 12.4 Å². The Morgan fingerprint density at radius 2 is 2.04 bits per heavy atom. The van der Waals surface area contributed by atoms with Gasteiger partial charge in [0.05, 0.1) is 22.3 Å². The Morgan fingerprint density at radius 1 is 1.16 bits per heavy atom. The van der Waals surface area contributed by atoms with Crippen LogP contribution in [0.1, 0.15) is 5.82 Å². The molecule has 0 aliphatic rings. The van der Waals surface area contributed by atoms with Gasteiger partial charge in [0.15, 0.2) is 5.16 Å². The Labute approximate surface area is 151 Å². The van der Waals surface area contributed by atoms with E-state index in [0.29, 0.717) is 32.7 Å². The highest BCUT2D eigenvalue weighted by atomic mass is 35.5. The highest BCUT2D eigenvalue weighted by molar-refractivity contribution is 7.98. The molecule has 0 amide bonds. The van der Waals surface area contributed by atoms with Crippen LogP contribution in [0.5, 0.6) is 0 Å². The summed E-state index contributed by atoms with van der Waals surface area (Å²) in [5.74, 6) is 1.06. The zero-order valence-electron chi connectivity index (χ0n) is 12.9. The Kier molecular flexibility index (Phi) is 4.25. The monoisotopic (exact) mass is 369 g/mol. The van der Waals surface area contributed by atoms with Crippen LogP contribution in [-0.2, 0) is 5.75 Å². The topological polar surface area (TPSA) is 76.5 Å². The van der Waals surface area contributed by atoms with Crippen LogP contribution in [0.25, 0.3) is 16.6 Å². The van der Waals surface area contributed by atoms with E-state index in [9.17, 15) is 4.79 Å². The minimum Gasteiger partial charge on any atom is -0.309 e. The molecule has 0 spiro atoms. The summed E-state index contributed by atoms with van der Waals surface area (Å²) in [7, 11) is 0. The third kappa shape index (κ3) is 3.29. The van der Waals surface area contributed by atoms with Gasteiger partial charge in [0, 0.05) is 5.02 Å². The molecule has 124 valence electrons. The maximum atomic E-state index is 12.1. The van der Waals surface area contributed by atoms with E-state index in [2.05, 4.69) is 20.2 Å². The lowest BCUT2D eigenvalue weighted by Gasteiger charge is -2.06. The summed E-state index contributed by atoms with van der Waals surface area (Å²) < 4.78 is 1.84. The molecule has 1 N–H and O–H groups in total. The summed E-state index contributed by atoms with van der Waals surface area (Å²) in [6, 6.07) is 14.7. The lowest BCUT2D eigenvalue weighted by molar-refractivity contribution is 0.881. The number of nitrogens with one attached hydrogen (secondary N) is 1. The van der Waals surface area contributed by atoms with Gasteiger partial charge in [-0.05, 0) is 30.3 Å². The van der Waals surface area contributed by atoms with Crippen molar-refractivity contribution in [2.24, 2.45) is 0 Å². The second-order valence-corrected chi connectivity index (χ2v) is 6.66. The average molecular weight is 370 g/mol. The Morgan fingerprint density at radius 3 is 2.92 bits per heavy atom. The fraction of sp³-hybridized carbons (Fsp3) is 0.0588. The van der Waals surface area contributed by atoms with Crippen LogP contribution in [0.15, 0.2) is 64.8 Å². The fourth-order valence-corrected chi connectivity index (χ4v) is 3.45. The van der Waals surface area contributed by atoms with E-state index in [-0.39, 0.29) is 5.56 Å². The first-order valence-electron chi connectivity index (χ1n) is 7.47. The minimum atomic E-state index is -0.141. The molecule has 2 aromatic carbocycles. The van der Waals surface area contributed by atoms with E-state index in [0.717, 1.165) is 5.69 Å². The SMILES string of the molecule is O=c1[nH]c(CSc2nncn2-c2cccc(Cl)c2)nc2ccccc12. The van der Waals surface area contributed by atoms with E-state index in [1.807, 2.05) is 47.0 Å². The van der Waals surface area contributed by atoms with E-state index in [1.165, 1.54) is 11.8 Å². The smallest absolute Gasteiger partial charge is 0.258 e. The molecule has 2 aromatic heterocycles. The highest BCUT2D eigenvalue weighted by Gasteiger charge is 2.10. The number of para-hydroxylation sites is 1. The number of halogens is 1. The number of nitrogens with zero attached hydrogens (tertiary/aromatic N) is 4. The van der Waals surface area contributed by atoms with Crippen molar-refractivity contribution in [3.8, 4) is 5.69 Å². The molecule has 0 atom stereocenters. The number of hydrogen-bond acceptors (Lipinski definition) is 5. The molecule has 4 aromatic rings. The van der Waals surface area contributed by atoms with Crippen molar-refractivity contribution in [3.63, 3.8) is 0 Å². The Balaban J connectivity index is 1.61. The van der Waals surface area contributed by atoms with Gasteiger partial charge in [0.1, 0.15) is 12.2 Å². The van der Waals surface area contributed by atoms with Crippen molar-refractivity contribution in [3.05, 3.63) is 76.1 Å². The maximum absolute atomic E-state index is 12.1. The van der Waals surface area contributed by atoms with Crippen LogP contribution in [0.3, 0.4) is 0 Å². The van der Waals surface area contributed by atoms with Crippen LogP contribution in [-0.4, -0.2) is 24.7 Å². The summed E-state index contributed by atoms with van der Waals surface area (Å²) in [4.78, 5) is 19.4. The Bertz CT molecular complexity index is 1110. The van der Waals surface area contributed by atoms with Crippen molar-refractivity contribution >= 4 is 34.3 Å². The third-order valence-electron chi connectivity index (χ3n) is 3.60. The normalized spacial score (nSPS) is 11.1. The van der Waals surface area contributed by atoms with Crippen molar-refractivity contribution in [1.29, 1.82) is 0 Å². The molecule has 2 heterocycles. The number of hydrogen-bond donors (Lipinski definition) is 1. The molecule has 4 rings (SSSR count). The first-order valence-corrected chi connectivity index (χ1v) is 8.84. The van der Waals surface area contributed by atoms with Crippen LogP contribution < -0.4 is 5.56 Å². The molecule has 0 radical (unpaired) electrons. The molecular formula is C17H12ClN5OS. The van der Waals surface area contributed by atoms with Gasteiger partial charge < -0.3 is 4.98 Å². The van der Waals surface area contributed by atoms with Crippen LogP contribution >= 0.6 is 23.4 Å². The number of rotatable bonds is 4. The number of benzene rings is 2.